The van der Waals surface area contributed by atoms with Crippen molar-refractivity contribution in [3.05, 3.63) is 84.1 Å². The molecule has 0 radical (unpaired) electrons. The van der Waals surface area contributed by atoms with Gasteiger partial charge in [0.15, 0.2) is 0 Å². The SMILES string of the molecule is Cc1nc(N)c(C#N)c(-c2cccc3ccccc23)c1-c1ccccc1. The van der Waals surface area contributed by atoms with Crippen molar-refractivity contribution in [2.75, 3.05) is 5.73 Å². The van der Waals surface area contributed by atoms with Crippen molar-refractivity contribution in [1.29, 1.82) is 5.26 Å². The minimum atomic E-state index is 0.271. The molecule has 4 aromatic rings. The summed E-state index contributed by atoms with van der Waals surface area (Å²) in [6.45, 7) is 1.94. The van der Waals surface area contributed by atoms with Gasteiger partial charge in [-0.15, -0.1) is 0 Å². The molecule has 26 heavy (non-hydrogen) atoms. The van der Waals surface area contributed by atoms with E-state index in [1.165, 1.54) is 0 Å². The van der Waals surface area contributed by atoms with E-state index in [1.54, 1.807) is 0 Å². The highest BCUT2D eigenvalue weighted by molar-refractivity contribution is 6.03. The average molecular weight is 335 g/mol. The number of hydrogen-bond donors (Lipinski definition) is 1. The van der Waals surface area contributed by atoms with Gasteiger partial charge in [-0.25, -0.2) is 4.98 Å². The van der Waals surface area contributed by atoms with Crippen LogP contribution < -0.4 is 5.73 Å². The highest BCUT2D eigenvalue weighted by Gasteiger charge is 2.20. The Balaban J connectivity index is 2.18. The number of rotatable bonds is 2. The Labute approximate surface area is 152 Å². The second kappa shape index (κ2) is 6.34. The molecule has 3 heteroatoms. The number of nitrogens with two attached hydrogens (primary N) is 1. The summed E-state index contributed by atoms with van der Waals surface area (Å²) in [7, 11) is 0. The lowest BCUT2D eigenvalue weighted by molar-refractivity contribution is 1.20. The summed E-state index contributed by atoms with van der Waals surface area (Å²) in [5, 5.41) is 12.0. The lowest BCUT2D eigenvalue weighted by Gasteiger charge is -2.17. The third-order valence-corrected chi connectivity index (χ3v) is 4.64. The van der Waals surface area contributed by atoms with Crippen LogP contribution in [0.3, 0.4) is 0 Å². The Morgan fingerprint density at radius 3 is 2.31 bits per heavy atom. The van der Waals surface area contributed by atoms with Gasteiger partial charge in [0, 0.05) is 16.8 Å². The standard InChI is InChI=1S/C23H17N3/c1-15-21(17-9-3-2-4-10-17)22(20(14-24)23(25)26-15)19-13-7-11-16-8-5-6-12-18(16)19/h2-13H,1H3,(H2,25,26). The first-order chi connectivity index (χ1) is 12.7. The minimum absolute atomic E-state index is 0.271. The zero-order valence-corrected chi connectivity index (χ0v) is 14.4. The van der Waals surface area contributed by atoms with Crippen LogP contribution in [0.2, 0.25) is 0 Å². The van der Waals surface area contributed by atoms with Crippen LogP contribution in [0.1, 0.15) is 11.3 Å². The van der Waals surface area contributed by atoms with Gasteiger partial charge in [-0.05, 0) is 28.8 Å². The zero-order chi connectivity index (χ0) is 18.1. The lowest BCUT2D eigenvalue weighted by Crippen LogP contribution is -2.03. The van der Waals surface area contributed by atoms with Crippen molar-refractivity contribution < 1.29 is 0 Å². The van der Waals surface area contributed by atoms with Gasteiger partial charge < -0.3 is 5.73 Å². The predicted molar refractivity (Wildman–Crippen MR) is 106 cm³/mol. The molecule has 0 bridgehead atoms. The summed E-state index contributed by atoms with van der Waals surface area (Å²) in [5.41, 5.74) is 11.2. The van der Waals surface area contributed by atoms with Crippen molar-refractivity contribution >= 4 is 16.6 Å². The number of nitriles is 1. The summed E-state index contributed by atoms with van der Waals surface area (Å²) in [5.74, 6) is 0.271. The van der Waals surface area contributed by atoms with Gasteiger partial charge in [-0.2, -0.15) is 5.26 Å². The lowest BCUT2D eigenvalue weighted by atomic mass is 9.88. The Bertz CT molecular complexity index is 1150. The molecule has 0 aliphatic heterocycles. The van der Waals surface area contributed by atoms with Crippen molar-refractivity contribution in [3.8, 4) is 28.3 Å². The fraction of sp³-hybridized carbons (Fsp3) is 0.0435. The van der Waals surface area contributed by atoms with Gasteiger partial charge in [0.2, 0.25) is 0 Å². The molecular formula is C23H17N3. The predicted octanol–water partition coefficient (Wildman–Crippen LogP) is 5.33. The molecule has 0 unspecified atom stereocenters. The maximum absolute atomic E-state index is 9.82. The molecule has 0 atom stereocenters. The van der Waals surface area contributed by atoms with Crippen LogP contribution in [0.25, 0.3) is 33.0 Å². The fourth-order valence-corrected chi connectivity index (χ4v) is 3.51. The molecular weight excluding hydrogens is 318 g/mol. The third kappa shape index (κ3) is 2.49. The van der Waals surface area contributed by atoms with E-state index >= 15 is 0 Å². The maximum atomic E-state index is 9.82. The van der Waals surface area contributed by atoms with Crippen LogP contribution in [0.5, 0.6) is 0 Å². The van der Waals surface area contributed by atoms with Crippen LogP contribution in [0.15, 0.2) is 72.8 Å². The monoisotopic (exact) mass is 335 g/mol. The average Bonchev–Trinajstić information content (AvgIpc) is 2.68. The molecule has 0 aliphatic carbocycles. The first-order valence-corrected chi connectivity index (χ1v) is 8.44. The van der Waals surface area contributed by atoms with Crippen molar-refractivity contribution in [3.63, 3.8) is 0 Å². The number of aryl methyl sites for hydroxylation is 1. The molecule has 0 aliphatic rings. The summed E-state index contributed by atoms with van der Waals surface area (Å²) >= 11 is 0. The Hall–Kier alpha value is -3.64. The molecule has 0 fully saturated rings. The highest BCUT2D eigenvalue weighted by Crippen LogP contribution is 2.41. The number of nitrogen functional groups attached to an aromatic ring is 1. The molecule has 2 N–H and O–H groups in total. The fourth-order valence-electron chi connectivity index (χ4n) is 3.51. The van der Waals surface area contributed by atoms with Crippen LogP contribution in [-0.4, -0.2) is 4.98 Å². The van der Waals surface area contributed by atoms with Crippen molar-refractivity contribution in [2.24, 2.45) is 0 Å². The molecule has 0 saturated heterocycles. The molecule has 3 aromatic carbocycles. The second-order valence-corrected chi connectivity index (χ2v) is 6.21. The third-order valence-electron chi connectivity index (χ3n) is 4.64. The van der Waals surface area contributed by atoms with Gasteiger partial charge in [0.05, 0.1) is 0 Å². The first-order valence-electron chi connectivity index (χ1n) is 8.44. The maximum Gasteiger partial charge on any atom is 0.142 e. The molecule has 124 valence electrons. The number of hydrogen-bond acceptors (Lipinski definition) is 3. The summed E-state index contributed by atoms with van der Waals surface area (Å²) in [6, 6.07) is 26.6. The molecule has 0 amide bonds. The van der Waals surface area contributed by atoms with E-state index in [4.69, 9.17) is 5.73 Å². The van der Waals surface area contributed by atoms with Crippen LogP contribution >= 0.6 is 0 Å². The minimum Gasteiger partial charge on any atom is -0.383 e. The van der Waals surface area contributed by atoms with Gasteiger partial charge in [0.25, 0.3) is 0 Å². The quantitative estimate of drug-likeness (QED) is 0.538. The van der Waals surface area contributed by atoms with Gasteiger partial charge in [-0.3, -0.25) is 0 Å². The Morgan fingerprint density at radius 1 is 0.846 bits per heavy atom. The van der Waals surface area contributed by atoms with E-state index in [2.05, 4.69) is 29.3 Å². The topological polar surface area (TPSA) is 62.7 Å². The van der Waals surface area contributed by atoms with Gasteiger partial charge >= 0.3 is 0 Å². The van der Waals surface area contributed by atoms with E-state index in [-0.39, 0.29) is 5.82 Å². The van der Waals surface area contributed by atoms with Crippen molar-refractivity contribution in [1.82, 2.24) is 4.98 Å². The zero-order valence-electron chi connectivity index (χ0n) is 14.4. The number of fused-ring (bicyclic) bond motifs is 1. The van der Waals surface area contributed by atoms with Gasteiger partial charge in [-0.1, -0.05) is 72.8 Å². The number of pyridine rings is 1. The first kappa shape index (κ1) is 15.9. The van der Waals surface area contributed by atoms with E-state index in [9.17, 15) is 5.26 Å². The summed E-state index contributed by atoms with van der Waals surface area (Å²) in [6.07, 6.45) is 0. The van der Waals surface area contributed by atoms with Gasteiger partial charge in [0.1, 0.15) is 17.5 Å². The summed E-state index contributed by atoms with van der Waals surface area (Å²) < 4.78 is 0. The van der Waals surface area contributed by atoms with Crippen LogP contribution in [0.4, 0.5) is 5.82 Å². The Kier molecular flexibility index (Phi) is 3.87. The molecule has 1 aromatic heterocycles. The van der Waals surface area contributed by atoms with E-state index in [0.717, 1.165) is 38.7 Å². The van der Waals surface area contributed by atoms with Crippen LogP contribution in [0, 0.1) is 18.3 Å². The number of benzene rings is 3. The summed E-state index contributed by atoms with van der Waals surface area (Å²) in [4.78, 5) is 4.44. The number of anilines is 1. The molecule has 4 rings (SSSR count). The second-order valence-electron chi connectivity index (χ2n) is 6.21. The molecule has 0 spiro atoms. The molecule has 1 heterocycles. The molecule has 3 nitrogen and oxygen atoms in total. The smallest absolute Gasteiger partial charge is 0.142 e. The van der Waals surface area contributed by atoms with E-state index in [0.29, 0.717) is 5.56 Å². The van der Waals surface area contributed by atoms with E-state index in [1.807, 2.05) is 61.5 Å². The highest BCUT2D eigenvalue weighted by atomic mass is 14.8. The largest absolute Gasteiger partial charge is 0.383 e. The normalized spacial score (nSPS) is 10.6. The Morgan fingerprint density at radius 2 is 1.54 bits per heavy atom. The number of aromatic nitrogens is 1. The van der Waals surface area contributed by atoms with Crippen molar-refractivity contribution in [2.45, 2.75) is 6.92 Å². The van der Waals surface area contributed by atoms with Crippen LogP contribution in [-0.2, 0) is 0 Å². The van der Waals surface area contributed by atoms with E-state index < -0.39 is 0 Å². The number of nitrogens with zero attached hydrogens (tertiary/aromatic N) is 2. The molecule has 0 saturated carbocycles.